The first kappa shape index (κ1) is 18.1. The van der Waals surface area contributed by atoms with Crippen molar-refractivity contribution in [3.05, 3.63) is 48.3 Å². The molecule has 4 rings (SSSR count). The van der Waals surface area contributed by atoms with Crippen molar-refractivity contribution in [3.8, 4) is 11.5 Å². The van der Waals surface area contributed by atoms with Crippen LogP contribution in [0.15, 0.2) is 42.7 Å². The summed E-state index contributed by atoms with van der Waals surface area (Å²) >= 11 is 0. The maximum Gasteiger partial charge on any atom is 0.494 e. The van der Waals surface area contributed by atoms with Crippen LogP contribution in [0, 0.1) is 6.92 Å². The summed E-state index contributed by atoms with van der Waals surface area (Å²) in [6.45, 7) is 10.3. The average molecular weight is 364 g/mol. The minimum Gasteiger partial charge on any atom is -0.457 e. The van der Waals surface area contributed by atoms with Gasteiger partial charge in [-0.15, -0.1) is 0 Å². The number of ether oxygens (including phenoxy) is 1. The van der Waals surface area contributed by atoms with Crippen LogP contribution in [0.4, 0.5) is 0 Å². The average Bonchev–Trinajstić information content (AvgIpc) is 3.06. The fraction of sp³-hybridized carbons (Fsp3) is 0.381. The molecular formula is C21H25BN2O3. The van der Waals surface area contributed by atoms with Crippen molar-refractivity contribution in [1.29, 1.82) is 0 Å². The highest BCUT2D eigenvalue weighted by atomic mass is 16.7. The smallest absolute Gasteiger partial charge is 0.457 e. The molecule has 1 aliphatic rings. The topological polar surface area (TPSA) is 45.5 Å². The molecule has 27 heavy (non-hydrogen) atoms. The summed E-state index contributed by atoms with van der Waals surface area (Å²) in [6.07, 6.45) is 1.80. The molecule has 0 unspecified atom stereocenters. The number of aryl methyl sites for hydroxylation is 2. The lowest BCUT2D eigenvalue weighted by Gasteiger charge is -2.32. The molecule has 1 aromatic heterocycles. The third-order valence-electron chi connectivity index (χ3n) is 5.65. The second-order valence-corrected chi connectivity index (χ2v) is 8.22. The Morgan fingerprint density at radius 2 is 1.70 bits per heavy atom. The van der Waals surface area contributed by atoms with Gasteiger partial charge in [0, 0.05) is 13.1 Å². The molecule has 0 aliphatic carbocycles. The molecule has 0 bridgehead atoms. The largest absolute Gasteiger partial charge is 0.494 e. The Kier molecular flexibility index (Phi) is 4.09. The monoisotopic (exact) mass is 364 g/mol. The van der Waals surface area contributed by atoms with Gasteiger partial charge < -0.3 is 18.6 Å². The van der Waals surface area contributed by atoms with Gasteiger partial charge in [0.1, 0.15) is 11.5 Å². The molecule has 6 heteroatoms. The standard InChI is InChI=1S/C21H25BN2O3/c1-14-11-15(22-26-20(2,3)21(4,5)27-22)7-10-19(14)25-16-8-9-18-17(12-16)23-13-24(18)6/h7-13H,1-6H3. The van der Waals surface area contributed by atoms with E-state index in [4.69, 9.17) is 14.0 Å². The van der Waals surface area contributed by atoms with Gasteiger partial charge in [-0.3, -0.25) is 0 Å². The molecule has 0 radical (unpaired) electrons. The molecule has 1 saturated heterocycles. The number of fused-ring (bicyclic) bond motifs is 1. The molecule has 1 fully saturated rings. The van der Waals surface area contributed by atoms with Crippen LogP contribution in [0.3, 0.4) is 0 Å². The van der Waals surface area contributed by atoms with E-state index < -0.39 is 0 Å². The van der Waals surface area contributed by atoms with Crippen LogP contribution in [0.1, 0.15) is 33.3 Å². The number of rotatable bonds is 3. The molecule has 2 aromatic carbocycles. The lowest BCUT2D eigenvalue weighted by Crippen LogP contribution is -2.41. The first-order chi connectivity index (χ1) is 12.7. The molecule has 2 heterocycles. The third kappa shape index (κ3) is 3.13. The van der Waals surface area contributed by atoms with Crippen molar-refractivity contribution in [2.24, 2.45) is 7.05 Å². The van der Waals surface area contributed by atoms with Crippen molar-refractivity contribution in [3.63, 3.8) is 0 Å². The Morgan fingerprint density at radius 3 is 2.37 bits per heavy atom. The third-order valence-corrected chi connectivity index (χ3v) is 5.65. The summed E-state index contributed by atoms with van der Waals surface area (Å²) < 4.78 is 20.4. The van der Waals surface area contributed by atoms with E-state index >= 15 is 0 Å². The molecule has 0 atom stereocenters. The summed E-state index contributed by atoms with van der Waals surface area (Å²) in [5, 5.41) is 0. The van der Waals surface area contributed by atoms with Crippen molar-refractivity contribution < 1.29 is 14.0 Å². The fourth-order valence-electron chi connectivity index (χ4n) is 3.22. The summed E-state index contributed by atoms with van der Waals surface area (Å²) in [4.78, 5) is 4.39. The van der Waals surface area contributed by atoms with Crippen molar-refractivity contribution >= 4 is 23.6 Å². The van der Waals surface area contributed by atoms with Crippen LogP contribution in [-0.2, 0) is 16.4 Å². The molecule has 5 nitrogen and oxygen atoms in total. The van der Waals surface area contributed by atoms with Crippen LogP contribution in [-0.4, -0.2) is 27.9 Å². The highest BCUT2D eigenvalue weighted by molar-refractivity contribution is 6.62. The zero-order chi connectivity index (χ0) is 19.4. The minimum atomic E-state index is -0.368. The molecule has 0 saturated carbocycles. The van der Waals surface area contributed by atoms with E-state index in [1.807, 2.05) is 48.9 Å². The van der Waals surface area contributed by atoms with Gasteiger partial charge in [0.15, 0.2) is 0 Å². The highest BCUT2D eigenvalue weighted by Crippen LogP contribution is 2.37. The van der Waals surface area contributed by atoms with Gasteiger partial charge in [0.05, 0.1) is 28.6 Å². The number of benzene rings is 2. The van der Waals surface area contributed by atoms with Crippen molar-refractivity contribution in [2.75, 3.05) is 0 Å². The Morgan fingerprint density at radius 1 is 1.00 bits per heavy atom. The van der Waals surface area contributed by atoms with E-state index in [0.717, 1.165) is 33.6 Å². The van der Waals surface area contributed by atoms with Crippen LogP contribution in [0.2, 0.25) is 0 Å². The summed E-state index contributed by atoms with van der Waals surface area (Å²) in [5.74, 6) is 1.58. The van der Waals surface area contributed by atoms with Gasteiger partial charge in [-0.25, -0.2) is 4.98 Å². The molecule has 0 N–H and O–H groups in total. The quantitative estimate of drug-likeness (QED) is 0.660. The van der Waals surface area contributed by atoms with E-state index in [2.05, 4.69) is 38.7 Å². The second-order valence-electron chi connectivity index (χ2n) is 8.22. The maximum absolute atomic E-state index is 6.14. The Hall–Kier alpha value is -2.31. The lowest BCUT2D eigenvalue weighted by molar-refractivity contribution is 0.00578. The number of hydrogen-bond donors (Lipinski definition) is 0. The highest BCUT2D eigenvalue weighted by Gasteiger charge is 2.51. The lowest BCUT2D eigenvalue weighted by atomic mass is 9.78. The second kappa shape index (κ2) is 6.11. The zero-order valence-electron chi connectivity index (χ0n) is 16.7. The first-order valence-corrected chi connectivity index (χ1v) is 9.21. The maximum atomic E-state index is 6.14. The van der Waals surface area contributed by atoms with Gasteiger partial charge in [-0.1, -0.05) is 12.1 Å². The Labute approximate surface area is 160 Å². The van der Waals surface area contributed by atoms with Gasteiger partial charge >= 0.3 is 7.12 Å². The normalized spacial score (nSPS) is 18.2. The predicted octanol–water partition coefficient (Wildman–Crippen LogP) is 3.97. The molecular weight excluding hydrogens is 339 g/mol. The summed E-state index contributed by atoms with van der Waals surface area (Å²) in [7, 11) is 1.61. The Bertz CT molecular complexity index is 994. The molecule has 1 aliphatic heterocycles. The zero-order valence-corrected chi connectivity index (χ0v) is 16.7. The number of nitrogens with zero attached hydrogens (tertiary/aromatic N) is 2. The molecule has 0 spiro atoms. The van der Waals surface area contributed by atoms with E-state index in [1.165, 1.54) is 0 Å². The van der Waals surface area contributed by atoms with Gasteiger partial charge in [0.2, 0.25) is 0 Å². The van der Waals surface area contributed by atoms with Crippen LogP contribution < -0.4 is 10.2 Å². The predicted molar refractivity (Wildman–Crippen MR) is 108 cm³/mol. The van der Waals surface area contributed by atoms with Gasteiger partial charge in [-0.2, -0.15) is 0 Å². The SMILES string of the molecule is Cc1cc(B2OC(C)(C)C(C)(C)O2)ccc1Oc1ccc2c(c1)ncn2C. The number of imidazole rings is 1. The van der Waals surface area contributed by atoms with Crippen LogP contribution in [0.25, 0.3) is 11.0 Å². The minimum absolute atomic E-state index is 0.348. The van der Waals surface area contributed by atoms with Crippen LogP contribution >= 0.6 is 0 Å². The van der Waals surface area contributed by atoms with E-state index in [-0.39, 0.29) is 18.3 Å². The molecule has 0 amide bonds. The first-order valence-electron chi connectivity index (χ1n) is 9.21. The van der Waals surface area contributed by atoms with Crippen LogP contribution in [0.5, 0.6) is 11.5 Å². The van der Waals surface area contributed by atoms with Gasteiger partial charge in [0.25, 0.3) is 0 Å². The van der Waals surface area contributed by atoms with Crippen molar-refractivity contribution in [2.45, 2.75) is 45.8 Å². The van der Waals surface area contributed by atoms with E-state index in [9.17, 15) is 0 Å². The van der Waals surface area contributed by atoms with Gasteiger partial charge in [-0.05, 0) is 63.8 Å². The Balaban J connectivity index is 1.56. The summed E-state index contributed by atoms with van der Waals surface area (Å²) in [6, 6.07) is 12.0. The summed E-state index contributed by atoms with van der Waals surface area (Å²) in [5.41, 5.74) is 3.33. The molecule has 3 aromatic rings. The van der Waals surface area contributed by atoms with E-state index in [1.54, 1.807) is 6.33 Å². The van der Waals surface area contributed by atoms with E-state index in [0.29, 0.717) is 0 Å². The molecule has 140 valence electrons. The fourth-order valence-corrected chi connectivity index (χ4v) is 3.22. The number of aromatic nitrogens is 2. The van der Waals surface area contributed by atoms with Crippen molar-refractivity contribution in [1.82, 2.24) is 9.55 Å². The number of hydrogen-bond acceptors (Lipinski definition) is 4.